The monoisotopic (exact) mass is 369 g/mol. The molecule has 7 nitrogen and oxygen atoms in total. The van der Waals surface area contributed by atoms with E-state index in [9.17, 15) is 4.79 Å². The molecule has 1 aromatic heterocycles. The Balaban J connectivity index is 1.66. The van der Waals surface area contributed by atoms with E-state index in [0.29, 0.717) is 19.2 Å². The molecule has 0 bridgehead atoms. The van der Waals surface area contributed by atoms with Gasteiger partial charge in [-0.2, -0.15) is 4.98 Å². The SMILES string of the molecule is CCN(CC)c1cc(C)nc(Nc2ccc(NC(=O)[C@H]3CCOC3)cc2)n1. The van der Waals surface area contributed by atoms with Crippen LogP contribution in [-0.2, 0) is 9.53 Å². The predicted molar refractivity (Wildman–Crippen MR) is 108 cm³/mol. The molecule has 0 unspecified atom stereocenters. The van der Waals surface area contributed by atoms with Gasteiger partial charge in [0.2, 0.25) is 11.9 Å². The second kappa shape index (κ2) is 8.81. The molecule has 0 radical (unpaired) electrons. The van der Waals surface area contributed by atoms with E-state index in [4.69, 9.17) is 4.74 Å². The minimum Gasteiger partial charge on any atom is -0.381 e. The highest BCUT2D eigenvalue weighted by molar-refractivity contribution is 5.93. The maximum atomic E-state index is 12.2. The van der Waals surface area contributed by atoms with Crippen molar-refractivity contribution < 1.29 is 9.53 Å². The minimum atomic E-state index is -0.0537. The lowest BCUT2D eigenvalue weighted by Gasteiger charge is -2.20. The summed E-state index contributed by atoms with van der Waals surface area (Å²) in [5, 5.41) is 6.18. The smallest absolute Gasteiger partial charge is 0.229 e. The highest BCUT2D eigenvalue weighted by atomic mass is 16.5. The van der Waals surface area contributed by atoms with Crippen LogP contribution in [0, 0.1) is 12.8 Å². The lowest BCUT2D eigenvalue weighted by Crippen LogP contribution is -2.23. The van der Waals surface area contributed by atoms with Gasteiger partial charge in [-0.1, -0.05) is 0 Å². The number of amides is 1. The van der Waals surface area contributed by atoms with Crippen LogP contribution in [0.3, 0.4) is 0 Å². The van der Waals surface area contributed by atoms with Crippen molar-refractivity contribution in [1.82, 2.24) is 9.97 Å². The third-order valence-electron chi connectivity index (χ3n) is 4.64. The molecule has 2 heterocycles. The molecule has 27 heavy (non-hydrogen) atoms. The van der Waals surface area contributed by atoms with E-state index in [1.807, 2.05) is 37.3 Å². The van der Waals surface area contributed by atoms with Crippen LogP contribution in [0.25, 0.3) is 0 Å². The van der Waals surface area contributed by atoms with Gasteiger partial charge in [0.15, 0.2) is 0 Å². The van der Waals surface area contributed by atoms with Crippen molar-refractivity contribution in [3.8, 4) is 0 Å². The lowest BCUT2D eigenvalue weighted by atomic mass is 10.1. The standard InChI is InChI=1S/C20H27N5O2/c1-4-25(5-2)18-12-14(3)21-20(24-18)23-17-8-6-16(7-9-17)22-19(26)15-10-11-27-13-15/h6-9,12,15H,4-5,10-11,13H2,1-3H3,(H,22,26)(H,21,23,24)/t15-/m0/s1. The van der Waals surface area contributed by atoms with Gasteiger partial charge in [0.05, 0.1) is 12.5 Å². The van der Waals surface area contributed by atoms with Crippen LogP contribution in [0.15, 0.2) is 30.3 Å². The second-order valence-electron chi connectivity index (χ2n) is 6.62. The zero-order valence-corrected chi connectivity index (χ0v) is 16.2. The Morgan fingerprint density at radius 2 is 1.89 bits per heavy atom. The average Bonchev–Trinajstić information content (AvgIpc) is 3.19. The first-order valence-electron chi connectivity index (χ1n) is 9.45. The number of rotatable bonds is 7. The normalized spacial score (nSPS) is 16.2. The Bertz CT molecular complexity index is 768. The molecule has 1 saturated heterocycles. The number of aryl methyl sites for hydroxylation is 1. The van der Waals surface area contributed by atoms with Crippen LogP contribution in [0.5, 0.6) is 0 Å². The summed E-state index contributed by atoms with van der Waals surface area (Å²) in [5.74, 6) is 1.44. The predicted octanol–water partition coefficient (Wildman–Crippen LogP) is 3.35. The summed E-state index contributed by atoms with van der Waals surface area (Å²) in [5.41, 5.74) is 2.55. The Hall–Kier alpha value is -2.67. The minimum absolute atomic E-state index is 0.0130. The molecule has 2 aromatic rings. The van der Waals surface area contributed by atoms with E-state index in [0.717, 1.165) is 42.4 Å². The summed E-state index contributed by atoms with van der Waals surface area (Å²) in [6.45, 7) is 9.14. The van der Waals surface area contributed by atoms with Crippen molar-refractivity contribution in [2.45, 2.75) is 27.2 Å². The number of anilines is 4. The molecule has 1 aliphatic rings. The van der Waals surface area contributed by atoms with E-state index in [1.54, 1.807) is 0 Å². The van der Waals surface area contributed by atoms with Crippen molar-refractivity contribution in [2.75, 3.05) is 41.8 Å². The van der Waals surface area contributed by atoms with Gasteiger partial charge in [-0.15, -0.1) is 0 Å². The molecular formula is C20H27N5O2. The number of aromatic nitrogens is 2. The highest BCUT2D eigenvalue weighted by Gasteiger charge is 2.23. The second-order valence-corrected chi connectivity index (χ2v) is 6.62. The van der Waals surface area contributed by atoms with E-state index in [-0.39, 0.29) is 11.8 Å². The molecule has 1 amide bonds. The molecule has 1 atom stereocenters. The first kappa shape index (κ1) is 19.1. The van der Waals surface area contributed by atoms with Crippen molar-refractivity contribution in [3.05, 3.63) is 36.0 Å². The Morgan fingerprint density at radius 1 is 1.19 bits per heavy atom. The highest BCUT2D eigenvalue weighted by Crippen LogP contribution is 2.21. The molecule has 0 saturated carbocycles. The molecule has 1 aromatic carbocycles. The fourth-order valence-electron chi connectivity index (χ4n) is 3.07. The van der Waals surface area contributed by atoms with Crippen molar-refractivity contribution in [3.63, 3.8) is 0 Å². The molecule has 144 valence electrons. The summed E-state index contributed by atoms with van der Waals surface area (Å²) in [4.78, 5) is 23.4. The number of carbonyl (C=O) groups excluding carboxylic acids is 1. The van der Waals surface area contributed by atoms with Crippen molar-refractivity contribution in [1.29, 1.82) is 0 Å². The Morgan fingerprint density at radius 3 is 2.52 bits per heavy atom. The number of hydrogen-bond donors (Lipinski definition) is 2. The molecule has 1 aliphatic heterocycles. The lowest BCUT2D eigenvalue weighted by molar-refractivity contribution is -0.119. The third kappa shape index (κ3) is 4.95. The van der Waals surface area contributed by atoms with Crippen molar-refractivity contribution in [2.24, 2.45) is 5.92 Å². The van der Waals surface area contributed by atoms with Crippen LogP contribution >= 0.6 is 0 Å². The third-order valence-corrected chi connectivity index (χ3v) is 4.64. The van der Waals surface area contributed by atoms with E-state index >= 15 is 0 Å². The molecule has 3 rings (SSSR count). The maximum absolute atomic E-state index is 12.2. The molecule has 2 N–H and O–H groups in total. The maximum Gasteiger partial charge on any atom is 0.229 e. The summed E-state index contributed by atoms with van der Waals surface area (Å²) in [6, 6.07) is 9.55. The van der Waals surface area contributed by atoms with Gasteiger partial charge < -0.3 is 20.3 Å². The number of hydrogen-bond acceptors (Lipinski definition) is 6. The average molecular weight is 369 g/mol. The van der Waals surface area contributed by atoms with Crippen LogP contribution in [0.4, 0.5) is 23.1 Å². The van der Waals surface area contributed by atoms with Crippen LogP contribution in [-0.4, -0.2) is 42.2 Å². The van der Waals surface area contributed by atoms with Crippen LogP contribution < -0.4 is 15.5 Å². The largest absolute Gasteiger partial charge is 0.381 e. The topological polar surface area (TPSA) is 79.4 Å². The summed E-state index contributed by atoms with van der Waals surface area (Å²) in [7, 11) is 0. The first-order chi connectivity index (χ1) is 13.1. The summed E-state index contributed by atoms with van der Waals surface area (Å²) in [6.07, 6.45) is 0.783. The molecule has 1 fully saturated rings. The molecular weight excluding hydrogens is 342 g/mol. The summed E-state index contributed by atoms with van der Waals surface area (Å²) < 4.78 is 5.27. The summed E-state index contributed by atoms with van der Waals surface area (Å²) >= 11 is 0. The quantitative estimate of drug-likeness (QED) is 0.779. The van der Waals surface area contributed by atoms with Gasteiger partial charge in [0.25, 0.3) is 0 Å². The van der Waals surface area contributed by atoms with E-state index in [2.05, 4.69) is 39.3 Å². The van der Waals surface area contributed by atoms with Gasteiger partial charge in [0, 0.05) is 42.8 Å². The molecule has 7 heteroatoms. The molecule has 0 aliphatic carbocycles. The van der Waals surface area contributed by atoms with E-state index in [1.165, 1.54) is 0 Å². The van der Waals surface area contributed by atoms with Crippen LogP contribution in [0.1, 0.15) is 26.0 Å². The van der Waals surface area contributed by atoms with Gasteiger partial charge in [-0.05, 0) is 51.5 Å². The zero-order valence-electron chi connectivity index (χ0n) is 16.2. The number of nitrogens with zero attached hydrogens (tertiary/aromatic N) is 3. The number of benzene rings is 1. The van der Waals surface area contributed by atoms with Gasteiger partial charge >= 0.3 is 0 Å². The number of carbonyl (C=O) groups is 1. The van der Waals surface area contributed by atoms with Crippen LogP contribution in [0.2, 0.25) is 0 Å². The zero-order chi connectivity index (χ0) is 19.2. The number of ether oxygens (including phenoxy) is 1. The fraction of sp³-hybridized carbons (Fsp3) is 0.450. The fourth-order valence-corrected chi connectivity index (χ4v) is 3.07. The number of nitrogens with one attached hydrogen (secondary N) is 2. The Kier molecular flexibility index (Phi) is 6.24. The first-order valence-corrected chi connectivity index (χ1v) is 9.45. The van der Waals surface area contributed by atoms with E-state index < -0.39 is 0 Å². The van der Waals surface area contributed by atoms with Gasteiger partial charge in [-0.3, -0.25) is 4.79 Å². The Labute approximate surface area is 160 Å². The molecule has 0 spiro atoms. The van der Waals surface area contributed by atoms with Gasteiger partial charge in [0.1, 0.15) is 5.82 Å². The van der Waals surface area contributed by atoms with Gasteiger partial charge in [-0.25, -0.2) is 4.98 Å². The van der Waals surface area contributed by atoms with Crippen molar-refractivity contribution >= 4 is 29.0 Å².